The van der Waals surface area contributed by atoms with Gasteiger partial charge in [0, 0.05) is 6.04 Å². The fourth-order valence-corrected chi connectivity index (χ4v) is 3.48. The number of ether oxygens (including phenoxy) is 1. The van der Waals surface area contributed by atoms with Crippen LogP contribution in [0.2, 0.25) is 0 Å². The van der Waals surface area contributed by atoms with Gasteiger partial charge in [0.2, 0.25) is 0 Å². The summed E-state index contributed by atoms with van der Waals surface area (Å²) < 4.78 is 59.8. The van der Waals surface area contributed by atoms with Crippen LogP contribution in [0.1, 0.15) is 67.2 Å². The molecule has 0 saturated heterocycles. The van der Waals surface area contributed by atoms with Crippen molar-refractivity contribution in [1.82, 2.24) is 10.0 Å². The second kappa shape index (κ2) is 7.42. The van der Waals surface area contributed by atoms with Crippen LogP contribution >= 0.6 is 0 Å². The molecular weight excluding hydrogens is 357 g/mol. The molecule has 148 valence electrons. The second-order valence-corrected chi connectivity index (χ2v) is 10.4. The number of alkyl carbamates (subject to hydrolysis) is 1. The monoisotopic (exact) mass is 386 g/mol. The standard InChI is InChI=1S/C16H29F3N2O3S/c1-13(2,3)24-12(22)20-11-7-9-15(10-8-11,16(17,18)19)21-25(23)14(4,5)6/h11,21H,7-10H2,1-6H3,(H,20,22). The molecule has 1 unspecified atom stereocenters. The summed E-state index contributed by atoms with van der Waals surface area (Å²) in [5.74, 6) is 0. The predicted octanol–water partition coefficient (Wildman–Crippen LogP) is 3.81. The molecule has 0 aromatic carbocycles. The van der Waals surface area contributed by atoms with Gasteiger partial charge in [0.1, 0.15) is 11.1 Å². The van der Waals surface area contributed by atoms with Gasteiger partial charge in [-0.2, -0.15) is 13.2 Å². The summed E-state index contributed by atoms with van der Waals surface area (Å²) in [6.07, 6.45) is -5.40. The average molecular weight is 386 g/mol. The molecule has 1 atom stereocenters. The van der Waals surface area contributed by atoms with Gasteiger partial charge in [0.25, 0.3) is 0 Å². The predicted molar refractivity (Wildman–Crippen MR) is 91.4 cm³/mol. The van der Waals surface area contributed by atoms with E-state index in [-0.39, 0.29) is 25.7 Å². The van der Waals surface area contributed by atoms with Crippen LogP contribution in [-0.2, 0) is 15.7 Å². The highest BCUT2D eigenvalue weighted by molar-refractivity contribution is 7.84. The zero-order valence-electron chi connectivity index (χ0n) is 15.7. The molecule has 0 heterocycles. The largest absolute Gasteiger partial charge is 0.444 e. The van der Waals surface area contributed by atoms with Gasteiger partial charge in [-0.05, 0) is 67.2 Å². The summed E-state index contributed by atoms with van der Waals surface area (Å²) in [5, 5.41) is 2.62. The molecule has 1 amide bonds. The van der Waals surface area contributed by atoms with Crippen LogP contribution < -0.4 is 10.0 Å². The first-order valence-corrected chi connectivity index (χ1v) is 9.47. The molecule has 0 aromatic rings. The third-order valence-electron chi connectivity index (χ3n) is 3.95. The number of amides is 1. The first kappa shape index (κ1) is 22.2. The fourth-order valence-electron chi connectivity index (χ4n) is 2.50. The molecule has 0 radical (unpaired) electrons. The zero-order valence-corrected chi connectivity index (χ0v) is 16.5. The third kappa shape index (κ3) is 6.44. The van der Waals surface area contributed by atoms with Gasteiger partial charge in [-0.1, -0.05) is 0 Å². The van der Waals surface area contributed by atoms with Crippen LogP contribution in [0, 0.1) is 0 Å². The maximum atomic E-state index is 13.6. The van der Waals surface area contributed by atoms with Crippen molar-refractivity contribution < 1.29 is 26.9 Å². The summed E-state index contributed by atoms with van der Waals surface area (Å²) in [5.41, 5.74) is -2.86. The number of nitrogens with one attached hydrogen (secondary N) is 2. The van der Waals surface area contributed by atoms with Gasteiger partial charge in [-0.25, -0.2) is 13.7 Å². The number of carbonyl (C=O) groups excluding carboxylic acids is 1. The second-order valence-electron chi connectivity index (χ2n) is 8.48. The first-order valence-electron chi connectivity index (χ1n) is 8.32. The topological polar surface area (TPSA) is 67.4 Å². The molecule has 2 N–H and O–H groups in total. The van der Waals surface area contributed by atoms with Crippen molar-refractivity contribution in [2.45, 2.75) is 95.3 Å². The van der Waals surface area contributed by atoms with E-state index in [0.717, 1.165) is 0 Å². The Balaban J connectivity index is 2.76. The van der Waals surface area contributed by atoms with Crippen molar-refractivity contribution in [3.63, 3.8) is 0 Å². The minimum absolute atomic E-state index is 0.132. The van der Waals surface area contributed by atoms with Crippen LogP contribution in [-0.4, -0.2) is 38.4 Å². The summed E-state index contributed by atoms with van der Waals surface area (Å²) in [6, 6.07) is -0.393. The molecule has 1 rings (SSSR count). The Hall–Kier alpha value is -0.830. The van der Waals surface area contributed by atoms with E-state index in [0.29, 0.717) is 0 Å². The summed E-state index contributed by atoms with van der Waals surface area (Å²) in [6.45, 7) is 10.0. The van der Waals surface area contributed by atoms with E-state index in [2.05, 4.69) is 10.0 Å². The Bertz CT molecular complexity index is 502. The van der Waals surface area contributed by atoms with Gasteiger partial charge >= 0.3 is 12.3 Å². The number of halogens is 3. The van der Waals surface area contributed by atoms with E-state index >= 15 is 0 Å². The first-order chi connectivity index (χ1) is 11.1. The van der Waals surface area contributed by atoms with E-state index in [4.69, 9.17) is 4.74 Å². The molecular formula is C16H29F3N2O3S. The molecule has 1 aliphatic carbocycles. The molecule has 1 fully saturated rings. The molecule has 1 aliphatic rings. The highest BCUT2D eigenvalue weighted by atomic mass is 32.2. The molecule has 1 saturated carbocycles. The third-order valence-corrected chi connectivity index (χ3v) is 5.64. The van der Waals surface area contributed by atoms with E-state index < -0.39 is 45.2 Å². The van der Waals surface area contributed by atoms with E-state index in [1.165, 1.54) is 0 Å². The van der Waals surface area contributed by atoms with Crippen molar-refractivity contribution in [3.05, 3.63) is 0 Å². The van der Waals surface area contributed by atoms with Crippen LogP contribution in [0.15, 0.2) is 0 Å². The minimum atomic E-state index is -4.52. The van der Waals surface area contributed by atoms with Crippen molar-refractivity contribution in [3.8, 4) is 0 Å². The fraction of sp³-hybridized carbons (Fsp3) is 0.938. The van der Waals surface area contributed by atoms with Gasteiger partial charge in [0.15, 0.2) is 0 Å². The maximum Gasteiger partial charge on any atom is 0.407 e. The Morgan fingerprint density at radius 1 is 1.08 bits per heavy atom. The van der Waals surface area contributed by atoms with Crippen molar-refractivity contribution in [2.24, 2.45) is 0 Å². The SMILES string of the molecule is CC(C)(C)OC(=O)NC1CCC(NS(=O)C(C)(C)C)(C(F)(F)F)CC1. The quantitative estimate of drug-likeness (QED) is 0.775. The van der Waals surface area contributed by atoms with Gasteiger partial charge in [-0.3, -0.25) is 0 Å². The normalized spacial score (nSPS) is 26.8. The Morgan fingerprint density at radius 3 is 1.92 bits per heavy atom. The summed E-state index contributed by atoms with van der Waals surface area (Å²) in [7, 11) is -1.84. The molecule has 9 heteroatoms. The smallest absolute Gasteiger partial charge is 0.407 e. The maximum absolute atomic E-state index is 13.6. The molecule has 25 heavy (non-hydrogen) atoms. The number of carbonyl (C=O) groups is 1. The average Bonchev–Trinajstić information content (AvgIpc) is 2.36. The van der Waals surface area contributed by atoms with E-state index in [1.807, 2.05) is 0 Å². The molecule has 0 spiro atoms. The molecule has 0 bridgehead atoms. The lowest BCUT2D eigenvalue weighted by atomic mass is 9.79. The lowest BCUT2D eigenvalue weighted by molar-refractivity contribution is -0.199. The van der Waals surface area contributed by atoms with Crippen molar-refractivity contribution in [1.29, 1.82) is 0 Å². The number of alkyl halides is 3. The Morgan fingerprint density at radius 2 is 1.56 bits per heavy atom. The lowest BCUT2D eigenvalue weighted by Crippen LogP contribution is -2.62. The molecule has 0 aliphatic heterocycles. The van der Waals surface area contributed by atoms with Gasteiger partial charge in [-0.15, -0.1) is 0 Å². The van der Waals surface area contributed by atoms with E-state index in [9.17, 15) is 22.2 Å². The van der Waals surface area contributed by atoms with Crippen LogP contribution in [0.4, 0.5) is 18.0 Å². The zero-order chi connectivity index (χ0) is 19.7. The lowest BCUT2D eigenvalue weighted by Gasteiger charge is -2.42. The van der Waals surface area contributed by atoms with Crippen LogP contribution in [0.5, 0.6) is 0 Å². The highest BCUT2D eigenvalue weighted by Crippen LogP contribution is 2.42. The van der Waals surface area contributed by atoms with Gasteiger partial charge < -0.3 is 10.1 Å². The highest BCUT2D eigenvalue weighted by Gasteiger charge is 2.57. The van der Waals surface area contributed by atoms with Gasteiger partial charge in [0.05, 0.1) is 15.7 Å². The summed E-state index contributed by atoms with van der Waals surface area (Å²) >= 11 is 0. The van der Waals surface area contributed by atoms with E-state index in [1.54, 1.807) is 41.5 Å². The van der Waals surface area contributed by atoms with Crippen LogP contribution in [0.25, 0.3) is 0 Å². The number of rotatable bonds is 3. The number of hydrogen-bond acceptors (Lipinski definition) is 3. The van der Waals surface area contributed by atoms with Crippen LogP contribution in [0.3, 0.4) is 0 Å². The Kier molecular flexibility index (Phi) is 6.59. The Labute approximate surface area is 150 Å². The number of hydrogen-bond donors (Lipinski definition) is 2. The van der Waals surface area contributed by atoms with Crippen molar-refractivity contribution in [2.75, 3.05) is 0 Å². The molecule has 5 nitrogen and oxygen atoms in total. The van der Waals surface area contributed by atoms with Crippen molar-refractivity contribution >= 4 is 17.1 Å². The summed E-state index contributed by atoms with van der Waals surface area (Å²) in [4.78, 5) is 11.8. The molecule has 0 aromatic heterocycles. The minimum Gasteiger partial charge on any atom is -0.444 e.